The number of hydrogen-bond donors (Lipinski definition) is 2. The van der Waals surface area contributed by atoms with Crippen molar-refractivity contribution in [2.45, 2.75) is 6.42 Å². The van der Waals surface area contributed by atoms with E-state index in [1.165, 1.54) is 0 Å². The zero-order valence-electron chi connectivity index (χ0n) is 9.69. The van der Waals surface area contributed by atoms with Crippen LogP contribution in [0.3, 0.4) is 0 Å². The van der Waals surface area contributed by atoms with Crippen LogP contribution < -0.4 is 10.1 Å². The fourth-order valence-electron chi connectivity index (χ4n) is 1.30. The molecule has 1 rings (SSSR count). The lowest BCUT2D eigenvalue weighted by Gasteiger charge is -2.05. The van der Waals surface area contributed by atoms with Crippen LogP contribution in [0.5, 0.6) is 5.75 Å². The Morgan fingerprint density at radius 1 is 1.41 bits per heavy atom. The van der Waals surface area contributed by atoms with Crippen molar-refractivity contribution in [1.82, 2.24) is 5.32 Å². The Hall–Kier alpha value is -1.81. The molecule has 0 heterocycles. The molecule has 0 bridgehead atoms. The first-order valence-corrected chi connectivity index (χ1v) is 5.46. The molecule has 0 saturated heterocycles. The second-order valence-electron chi connectivity index (χ2n) is 3.49. The molecule has 2 N–H and O–H groups in total. The average molecular weight is 235 g/mol. The van der Waals surface area contributed by atoms with Gasteiger partial charge in [0.15, 0.2) is 0 Å². The van der Waals surface area contributed by atoms with Crippen LogP contribution >= 0.6 is 0 Å². The first-order valence-electron chi connectivity index (χ1n) is 5.46. The molecule has 0 saturated carbocycles. The normalized spacial score (nSPS) is 9.71. The van der Waals surface area contributed by atoms with Crippen LogP contribution in [0.15, 0.2) is 36.9 Å². The number of aliphatic hydroxyl groups excluding tert-OH is 1. The van der Waals surface area contributed by atoms with Gasteiger partial charge in [0.25, 0.3) is 0 Å². The molecule has 0 aliphatic rings. The van der Waals surface area contributed by atoms with Crippen molar-refractivity contribution in [2.24, 2.45) is 0 Å². The van der Waals surface area contributed by atoms with E-state index in [0.29, 0.717) is 19.6 Å². The van der Waals surface area contributed by atoms with Crippen LogP contribution in [-0.2, 0) is 11.2 Å². The lowest BCUT2D eigenvalue weighted by atomic mass is 10.1. The second-order valence-corrected chi connectivity index (χ2v) is 3.49. The maximum Gasteiger partial charge on any atom is 0.224 e. The first-order chi connectivity index (χ1) is 8.26. The van der Waals surface area contributed by atoms with Crippen molar-refractivity contribution >= 4 is 5.91 Å². The number of aliphatic hydroxyl groups is 1. The summed E-state index contributed by atoms with van der Waals surface area (Å²) < 4.78 is 5.33. The number of benzene rings is 1. The van der Waals surface area contributed by atoms with E-state index >= 15 is 0 Å². The summed E-state index contributed by atoms with van der Waals surface area (Å²) in [5, 5.41) is 11.2. The van der Waals surface area contributed by atoms with E-state index in [9.17, 15) is 4.79 Å². The van der Waals surface area contributed by atoms with E-state index in [0.717, 1.165) is 11.3 Å². The molecule has 0 aliphatic heterocycles. The van der Waals surface area contributed by atoms with Gasteiger partial charge in [-0.25, -0.2) is 0 Å². The van der Waals surface area contributed by atoms with Gasteiger partial charge in [-0.15, -0.1) is 0 Å². The maximum atomic E-state index is 11.4. The van der Waals surface area contributed by atoms with Gasteiger partial charge in [-0.2, -0.15) is 0 Å². The average Bonchev–Trinajstić information content (AvgIpc) is 2.35. The van der Waals surface area contributed by atoms with E-state index in [2.05, 4.69) is 11.9 Å². The number of hydrogen-bond acceptors (Lipinski definition) is 3. The van der Waals surface area contributed by atoms with Crippen molar-refractivity contribution in [2.75, 3.05) is 19.8 Å². The van der Waals surface area contributed by atoms with E-state index in [4.69, 9.17) is 9.84 Å². The monoisotopic (exact) mass is 235 g/mol. The van der Waals surface area contributed by atoms with Crippen molar-refractivity contribution < 1.29 is 14.6 Å². The summed E-state index contributed by atoms with van der Waals surface area (Å²) >= 11 is 0. The molecule has 0 radical (unpaired) electrons. The number of ether oxygens (including phenoxy) is 1. The Labute approximate surface area is 101 Å². The number of rotatable bonds is 7. The molecule has 0 aliphatic carbocycles. The Kier molecular flexibility index (Phi) is 5.82. The Bertz CT molecular complexity index is 359. The van der Waals surface area contributed by atoms with Crippen LogP contribution in [0.2, 0.25) is 0 Å². The molecule has 0 spiro atoms. The van der Waals surface area contributed by atoms with Gasteiger partial charge < -0.3 is 15.2 Å². The molecular weight excluding hydrogens is 218 g/mol. The predicted octanol–water partition coefficient (Wildman–Crippen LogP) is 0.902. The smallest absolute Gasteiger partial charge is 0.224 e. The number of carbonyl (C=O) groups excluding carboxylic acids is 1. The van der Waals surface area contributed by atoms with Gasteiger partial charge in [-0.3, -0.25) is 4.79 Å². The summed E-state index contributed by atoms with van der Waals surface area (Å²) in [6.07, 6.45) is 1.98. The highest BCUT2D eigenvalue weighted by Crippen LogP contribution is 2.12. The topological polar surface area (TPSA) is 58.6 Å². The second kappa shape index (κ2) is 7.46. The number of nitrogens with one attached hydrogen (secondary N) is 1. The molecule has 0 unspecified atom stereocenters. The molecule has 1 amide bonds. The molecule has 0 aromatic heterocycles. The summed E-state index contributed by atoms with van der Waals surface area (Å²) in [4.78, 5) is 11.4. The molecule has 17 heavy (non-hydrogen) atoms. The zero-order chi connectivity index (χ0) is 12.5. The van der Waals surface area contributed by atoms with Gasteiger partial charge in [0.05, 0.1) is 13.0 Å². The minimum atomic E-state index is -0.0983. The predicted molar refractivity (Wildman–Crippen MR) is 65.9 cm³/mol. The highest BCUT2D eigenvalue weighted by atomic mass is 16.5. The van der Waals surface area contributed by atoms with Gasteiger partial charge in [0, 0.05) is 6.54 Å². The van der Waals surface area contributed by atoms with Crippen LogP contribution in [0.1, 0.15) is 5.56 Å². The summed E-state index contributed by atoms with van der Waals surface area (Å²) in [7, 11) is 0. The largest absolute Gasteiger partial charge is 0.490 e. The molecule has 0 atom stereocenters. The zero-order valence-corrected chi connectivity index (χ0v) is 9.69. The highest BCUT2D eigenvalue weighted by molar-refractivity contribution is 5.78. The maximum absolute atomic E-state index is 11.4. The van der Waals surface area contributed by atoms with Gasteiger partial charge in [-0.05, 0) is 17.7 Å². The minimum Gasteiger partial charge on any atom is -0.490 e. The third-order valence-electron chi connectivity index (χ3n) is 2.09. The van der Waals surface area contributed by atoms with Crippen molar-refractivity contribution in [3.05, 3.63) is 42.5 Å². The van der Waals surface area contributed by atoms with Gasteiger partial charge in [0.2, 0.25) is 5.91 Å². The number of carbonyl (C=O) groups is 1. The molecule has 1 aromatic rings. The summed E-state index contributed by atoms with van der Waals surface area (Å²) in [5.41, 5.74) is 0.909. The SMILES string of the molecule is C=CCOc1ccc(CC(=O)NCCO)cc1. The summed E-state index contributed by atoms with van der Waals surface area (Å²) in [5.74, 6) is 0.656. The third-order valence-corrected chi connectivity index (χ3v) is 2.09. The first kappa shape index (κ1) is 13.3. The van der Waals surface area contributed by atoms with Crippen LogP contribution in [-0.4, -0.2) is 30.8 Å². The van der Waals surface area contributed by atoms with E-state index < -0.39 is 0 Å². The molecule has 92 valence electrons. The minimum absolute atomic E-state index is 0.0416. The quantitative estimate of drug-likeness (QED) is 0.690. The Morgan fingerprint density at radius 3 is 2.71 bits per heavy atom. The van der Waals surface area contributed by atoms with E-state index in [-0.39, 0.29) is 12.5 Å². The lowest BCUT2D eigenvalue weighted by Crippen LogP contribution is -2.27. The fraction of sp³-hybridized carbons (Fsp3) is 0.308. The standard InChI is InChI=1S/C13H17NO3/c1-2-9-17-12-5-3-11(4-6-12)10-13(16)14-7-8-15/h2-6,15H,1,7-10H2,(H,14,16). The highest BCUT2D eigenvalue weighted by Gasteiger charge is 2.02. The number of amides is 1. The van der Waals surface area contributed by atoms with Gasteiger partial charge in [-0.1, -0.05) is 24.8 Å². The molecule has 0 fully saturated rings. The Balaban J connectivity index is 2.44. The van der Waals surface area contributed by atoms with E-state index in [1.807, 2.05) is 24.3 Å². The van der Waals surface area contributed by atoms with Gasteiger partial charge >= 0.3 is 0 Å². The van der Waals surface area contributed by atoms with Crippen molar-refractivity contribution in [3.8, 4) is 5.75 Å². The van der Waals surface area contributed by atoms with Gasteiger partial charge in [0.1, 0.15) is 12.4 Å². The van der Waals surface area contributed by atoms with Crippen LogP contribution in [0, 0.1) is 0 Å². The Morgan fingerprint density at radius 2 is 2.12 bits per heavy atom. The van der Waals surface area contributed by atoms with Crippen LogP contribution in [0.25, 0.3) is 0 Å². The lowest BCUT2D eigenvalue weighted by molar-refractivity contribution is -0.120. The van der Waals surface area contributed by atoms with Crippen molar-refractivity contribution in [1.29, 1.82) is 0 Å². The van der Waals surface area contributed by atoms with Crippen molar-refractivity contribution in [3.63, 3.8) is 0 Å². The molecule has 4 heteroatoms. The van der Waals surface area contributed by atoms with E-state index in [1.54, 1.807) is 6.08 Å². The third kappa shape index (κ3) is 5.17. The summed E-state index contributed by atoms with van der Waals surface area (Å²) in [6.45, 7) is 4.28. The molecule has 4 nitrogen and oxygen atoms in total. The molecule has 1 aromatic carbocycles. The fourth-order valence-corrected chi connectivity index (χ4v) is 1.30. The molecular formula is C13H17NO3. The van der Waals surface area contributed by atoms with Crippen LogP contribution in [0.4, 0.5) is 0 Å². The summed E-state index contributed by atoms with van der Waals surface area (Å²) in [6, 6.07) is 7.32.